The number of rotatable bonds is 4. The zero-order valence-electron chi connectivity index (χ0n) is 18.6. The topological polar surface area (TPSA) is 122 Å². The van der Waals surface area contributed by atoms with E-state index >= 15 is 0 Å². The van der Waals surface area contributed by atoms with Gasteiger partial charge >= 0.3 is 0 Å². The summed E-state index contributed by atoms with van der Waals surface area (Å²) in [6.45, 7) is 6.80. The van der Waals surface area contributed by atoms with Crippen LogP contribution < -0.4 is 14.8 Å². The maximum Gasteiger partial charge on any atom is 0.276 e. The molecule has 1 amide bonds. The normalized spacial score (nSPS) is 21.1. The zero-order valence-corrected chi connectivity index (χ0v) is 19.4. The predicted octanol–water partition coefficient (Wildman–Crippen LogP) is 2.48. The Morgan fingerprint density at radius 2 is 2.12 bits per heavy atom. The fraction of sp³-hybridized carbons (Fsp3) is 0.391. The molecule has 1 atom stereocenters. The third kappa shape index (κ3) is 4.15. The summed E-state index contributed by atoms with van der Waals surface area (Å²) < 4.78 is 42.1. The van der Waals surface area contributed by atoms with Crippen molar-refractivity contribution in [3.63, 3.8) is 0 Å². The van der Waals surface area contributed by atoms with Crippen LogP contribution in [0.15, 0.2) is 41.9 Å². The van der Waals surface area contributed by atoms with E-state index in [0.29, 0.717) is 37.3 Å². The first kappa shape index (κ1) is 23.0. The van der Waals surface area contributed by atoms with Crippen LogP contribution in [0.1, 0.15) is 34.5 Å². The van der Waals surface area contributed by atoms with Crippen LogP contribution in [0, 0.1) is 23.7 Å². The lowest BCUT2D eigenvalue weighted by Gasteiger charge is -2.40. The van der Waals surface area contributed by atoms with Crippen molar-refractivity contribution in [2.75, 3.05) is 25.1 Å². The summed E-state index contributed by atoms with van der Waals surface area (Å²) in [7, 11) is -2.37. The summed E-state index contributed by atoms with van der Waals surface area (Å²) >= 11 is 0. The van der Waals surface area contributed by atoms with E-state index in [1.807, 2.05) is 0 Å². The van der Waals surface area contributed by atoms with Crippen LogP contribution in [0.5, 0.6) is 5.75 Å². The molecule has 0 spiro atoms. The predicted molar refractivity (Wildman–Crippen MR) is 122 cm³/mol. The van der Waals surface area contributed by atoms with E-state index in [9.17, 15) is 18.5 Å². The lowest BCUT2D eigenvalue weighted by atomic mass is 9.74. The average Bonchev–Trinajstić information content (AvgIpc) is 3.08. The quantitative estimate of drug-likeness (QED) is 0.662. The van der Waals surface area contributed by atoms with E-state index in [-0.39, 0.29) is 22.9 Å². The van der Waals surface area contributed by atoms with Crippen LogP contribution >= 0.6 is 0 Å². The molecule has 33 heavy (non-hydrogen) atoms. The van der Waals surface area contributed by atoms with Crippen LogP contribution in [0.3, 0.4) is 0 Å². The molecule has 1 unspecified atom stereocenters. The van der Waals surface area contributed by atoms with Crippen molar-refractivity contribution in [2.24, 2.45) is 12.5 Å². The number of aromatic nitrogens is 1. The zero-order chi connectivity index (χ0) is 23.8. The molecule has 0 bridgehead atoms. The molecular weight excluding hydrogens is 444 g/mol. The number of nitrogens with zero attached hydrogens (tertiary/aromatic N) is 2. The van der Waals surface area contributed by atoms with E-state index < -0.39 is 27.4 Å². The number of ether oxygens (including phenoxy) is 2. The number of nitrogens with one attached hydrogen (secondary N) is 2. The smallest absolute Gasteiger partial charge is 0.276 e. The minimum atomic E-state index is -3.96. The van der Waals surface area contributed by atoms with Gasteiger partial charge in [0.1, 0.15) is 11.5 Å². The maximum absolute atomic E-state index is 13.2. The summed E-state index contributed by atoms with van der Waals surface area (Å²) in [5, 5.41) is 12.0. The highest BCUT2D eigenvalue weighted by Gasteiger charge is 2.44. The Bertz CT molecular complexity index is 1250. The van der Waals surface area contributed by atoms with Gasteiger partial charge in [0.25, 0.3) is 5.91 Å². The second kappa shape index (κ2) is 8.67. The number of nitriles is 1. The van der Waals surface area contributed by atoms with Crippen LogP contribution in [0.4, 0.5) is 5.69 Å². The van der Waals surface area contributed by atoms with Gasteiger partial charge < -0.3 is 19.4 Å². The summed E-state index contributed by atoms with van der Waals surface area (Å²) in [4.78, 5) is 13.0. The fourth-order valence-electron chi connectivity index (χ4n) is 4.36. The van der Waals surface area contributed by atoms with Crippen molar-refractivity contribution >= 4 is 21.6 Å². The molecule has 0 radical (unpaired) electrons. The van der Waals surface area contributed by atoms with Crippen molar-refractivity contribution in [1.82, 2.24) is 9.29 Å². The minimum absolute atomic E-state index is 0.00360. The molecule has 1 aromatic heterocycles. The van der Waals surface area contributed by atoms with E-state index in [0.717, 1.165) is 5.56 Å². The SMILES string of the molecule is C=CC1(C2COc3c(cn(C)c3C(=O)Nc3ccc(C)c(C#N)c3)S(=O)(=O)N2)CCOCC1. The first-order valence-electron chi connectivity index (χ1n) is 10.6. The van der Waals surface area contributed by atoms with Gasteiger partial charge in [-0.15, -0.1) is 6.58 Å². The lowest BCUT2D eigenvalue weighted by molar-refractivity contribution is 0.0155. The number of aryl methyl sites for hydroxylation is 2. The van der Waals surface area contributed by atoms with Crippen LogP contribution in [-0.4, -0.2) is 44.8 Å². The van der Waals surface area contributed by atoms with E-state index in [4.69, 9.17) is 9.47 Å². The highest BCUT2D eigenvalue weighted by Crippen LogP contribution is 2.40. The van der Waals surface area contributed by atoms with Crippen molar-refractivity contribution in [3.05, 3.63) is 53.9 Å². The van der Waals surface area contributed by atoms with Crippen molar-refractivity contribution in [2.45, 2.75) is 30.7 Å². The molecule has 1 aromatic carbocycles. The second-order valence-electron chi connectivity index (χ2n) is 8.41. The lowest BCUT2D eigenvalue weighted by Crippen LogP contribution is -2.51. The first-order valence-corrected chi connectivity index (χ1v) is 12.1. The molecule has 0 aliphatic carbocycles. The number of amides is 1. The van der Waals surface area contributed by atoms with Crippen molar-refractivity contribution < 1.29 is 22.7 Å². The average molecular weight is 471 g/mol. The molecule has 1 saturated heterocycles. The van der Waals surface area contributed by atoms with Crippen molar-refractivity contribution in [3.8, 4) is 11.8 Å². The van der Waals surface area contributed by atoms with Crippen LogP contribution in [-0.2, 0) is 21.8 Å². The first-order chi connectivity index (χ1) is 15.7. The van der Waals surface area contributed by atoms with Gasteiger partial charge in [0.15, 0.2) is 11.4 Å². The van der Waals surface area contributed by atoms with E-state index in [2.05, 4.69) is 22.7 Å². The third-order valence-electron chi connectivity index (χ3n) is 6.44. The molecule has 3 heterocycles. The third-order valence-corrected chi connectivity index (χ3v) is 7.90. The molecule has 174 valence electrons. The molecule has 1 fully saturated rings. The molecule has 4 rings (SSSR count). The Hall–Kier alpha value is -3.13. The fourth-order valence-corrected chi connectivity index (χ4v) is 5.86. The van der Waals surface area contributed by atoms with Gasteiger partial charge in [-0.3, -0.25) is 4.79 Å². The van der Waals surface area contributed by atoms with Gasteiger partial charge in [0, 0.05) is 37.6 Å². The summed E-state index contributed by atoms with van der Waals surface area (Å²) in [6, 6.07) is 6.53. The number of carbonyl (C=O) groups is 1. The summed E-state index contributed by atoms with van der Waals surface area (Å²) in [5.41, 5.74) is 1.23. The Morgan fingerprint density at radius 1 is 1.39 bits per heavy atom. The van der Waals surface area contributed by atoms with E-state index in [1.54, 1.807) is 38.2 Å². The van der Waals surface area contributed by atoms with Gasteiger partial charge in [-0.25, -0.2) is 13.1 Å². The molecule has 2 aromatic rings. The van der Waals surface area contributed by atoms with Crippen molar-refractivity contribution in [1.29, 1.82) is 5.26 Å². The van der Waals surface area contributed by atoms with Crippen LogP contribution in [0.25, 0.3) is 0 Å². The Labute approximate surface area is 193 Å². The number of hydrogen-bond acceptors (Lipinski definition) is 6. The van der Waals surface area contributed by atoms with Gasteiger partial charge in [-0.2, -0.15) is 5.26 Å². The Balaban J connectivity index is 1.67. The molecular formula is C23H26N4O5S. The molecule has 2 aliphatic rings. The highest BCUT2D eigenvalue weighted by molar-refractivity contribution is 7.89. The van der Waals surface area contributed by atoms with Gasteiger partial charge in [0.05, 0.1) is 17.7 Å². The number of fused-ring (bicyclic) bond motifs is 1. The number of carbonyl (C=O) groups excluding carboxylic acids is 1. The standard InChI is InChI=1S/C23H26N4O5S/c1-4-23(7-9-31-10-8-23)19-14-32-21-18(33(29,30)26-19)13-27(3)20(21)22(28)25-17-6-5-15(2)16(11-17)12-24/h4-6,11,13,19,26H,1,7-10,14H2,2-3H3,(H,25,28). The number of benzene rings is 1. The number of hydrogen-bond donors (Lipinski definition) is 2. The summed E-state index contributed by atoms with van der Waals surface area (Å²) in [5.74, 6) is -0.534. The Morgan fingerprint density at radius 3 is 2.79 bits per heavy atom. The molecule has 2 N–H and O–H groups in total. The second-order valence-corrected chi connectivity index (χ2v) is 10.1. The minimum Gasteiger partial charge on any atom is -0.488 e. The largest absolute Gasteiger partial charge is 0.488 e. The van der Waals surface area contributed by atoms with E-state index in [1.165, 1.54) is 10.8 Å². The van der Waals surface area contributed by atoms with Gasteiger partial charge in [0.2, 0.25) is 10.0 Å². The van der Waals surface area contributed by atoms with Gasteiger partial charge in [-0.05, 0) is 37.5 Å². The Kier molecular flexibility index (Phi) is 6.05. The monoisotopic (exact) mass is 470 g/mol. The number of sulfonamides is 1. The van der Waals surface area contributed by atoms with Crippen LogP contribution in [0.2, 0.25) is 0 Å². The number of anilines is 1. The molecule has 10 heteroatoms. The molecule has 0 saturated carbocycles. The maximum atomic E-state index is 13.2. The van der Waals surface area contributed by atoms with Gasteiger partial charge in [-0.1, -0.05) is 12.1 Å². The molecule has 2 aliphatic heterocycles. The highest BCUT2D eigenvalue weighted by atomic mass is 32.2. The molecule has 9 nitrogen and oxygen atoms in total. The summed E-state index contributed by atoms with van der Waals surface area (Å²) in [6.07, 6.45) is 4.38.